The lowest BCUT2D eigenvalue weighted by atomic mass is 10.1. The smallest absolute Gasteiger partial charge is 0.276 e. The van der Waals surface area contributed by atoms with Crippen molar-refractivity contribution in [1.29, 1.82) is 0 Å². The molecule has 0 aromatic carbocycles. The maximum atomic E-state index is 12.5. The van der Waals surface area contributed by atoms with Gasteiger partial charge in [-0.2, -0.15) is 10.2 Å². The number of hydrogen-bond donors (Lipinski definition) is 3. The number of aromatic nitrogens is 6. The standard InChI is InChI=1S/C20H21N7O2/c1-10-11(2)25-26-18(10)20(28)23-14-4-13-5-17(24-19(13)21-6-14)16-7-22-27(12(16)3)15-8-29-9-15/h4-7,15H,8-9H2,1-3H3,(H,21,24)(H,23,28)(H,25,26). The molecule has 3 N–H and O–H groups in total. The highest BCUT2D eigenvalue weighted by Crippen LogP contribution is 2.29. The number of H-pyrrole nitrogens is 2. The fourth-order valence-electron chi connectivity index (χ4n) is 3.55. The van der Waals surface area contributed by atoms with Crippen molar-refractivity contribution < 1.29 is 9.53 Å². The van der Waals surface area contributed by atoms with E-state index >= 15 is 0 Å². The van der Waals surface area contributed by atoms with Crippen LogP contribution in [0.2, 0.25) is 0 Å². The van der Waals surface area contributed by atoms with E-state index in [-0.39, 0.29) is 5.91 Å². The van der Waals surface area contributed by atoms with Crippen LogP contribution in [0.25, 0.3) is 22.3 Å². The third-order valence-electron chi connectivity index (χ3n) is 5.50. The molecule has 1 saturated heterocycles. The molecule has 9 heteroatoms. The van der Waals surface area contributed by atoms with Crippen LogP contribution in [0.3, 0.4) is 0 Å². The summed E-state index contributed by atoms with van der Waals surface area (Å²) in [6.07, 6.45) is 3.50. The van der Waals surface area contributed by atoms with Gasteiger partial charge in [0.2, 0.25) is 0 Å². The summed E-state index contributed by atoms with van der Waals surface area (Å²) in [6.45, 7) is 7.21. The van der Waals surface area contributed by atoms with Gasteiger partial charge in [0.25, 0.3) is 5.91 Å². The average molecular weight is 391 g/mol. The van der Waals surface area contributed by atoms with Crippen molar-refractivity contribution in [2.45, 2.75) is 26.8 Å². The van der Waals surface area contributed by atoms with Crippen molar-refractivity contribution in [3.05, 3.63) is 47.2 Å². The van der Waals surface area contributed by atoms with E-state index in [1.54, 1.807) is 6.20 Å². The zero-order valence-corrected chi connectivity index (χ0v) is 16.4. The van der Waals surface area contributed by atoms with E-state index in [0.29, 0.717) is 30.6 Å². The van der Waals surface area contributed by atoms with Crippen LogP contribution in [0.5, 0.6) is 0 Å². The molecule has 0 aliphatic carbocycles. The predicted molar refractivity (Wildman–Crippen MR) is 108 cm³/mol. The van der Waals surface area contributed by atoms with E-state index in [2.05, 4.69) is 37.5 Å². The van der Waals surface area contributed by atoms with Crippen molar-refractivity contribution in [2.75, 3.05) is 18.5 Å². The van der Waals surface area contributed by atoms with E-state index < -0.39 is 0 Å². The Hall–Kier alpha value is -3.46. The molecule has 1 amide bonds. The number of pyridine rings is 1. The minimum Gasteiger partial charge on any atom is -0.377 e. The van der Waals surface area contributed by atoms with E-state index in [9.17, 15) is 4.79 Å². The van der Waals surface area contributed by atoms with Crippen LogP contribution >= 0.6 is 0 Å². The molecule has 0 saturated carbocycles. The normalized spacial score (nSPS) is 14.3. The molecule has 4 aromatic heterocycles. The number of carbonyl (C=O) groups excluding carboxylic acids is 1. The van der Waals surface area contributed by atoms with Crippen LogP contribution in [-0.2, 0) is 4.74 Å². The van der Waals surface area contributed by atoms with Crippen molar-refractivity contribution in [1.82, 2.24) is 29.9 Å². The topological polar surface area (TPSA) is 114 Å². The van der Waals surface area contributed by atoms with Gasteiger partial charge >= 0.3 is 0 Å². The van der Waals surface area contributed by atoms with Crippen molar-refractivity contribution >= 4 is 22.6 Å². The maximum Gasteiger partial charge on any atom is 0.276 e. The van der Waals surface area contributed by atoms with Crippen LogP contribution in [0.4, 0.5) is 5.69 Å². The summed E-state index contributed by atoms with van der Waals surface area (Å²) in [6, 6.07) is 4.23. The molecule has 5 rings (SSSR count). The lowest BCUT2D eigenvalue weighted by Gasteiger charge is -2.27. The van der Waals surface area contributed by atoms with E-state index in [0.717, 1.165) is 39.2 Å². The molecule has 4 aromatic rings. The Bertz CT molecular complexity index is 1230. The van der Waals surface area contributed by atoms with Gasteiger partial charge in [-0.25, -0.2) is 4.98 Å². The number of aryl methyl sites for hydroxylation is 1. The summed E-state index contributed by atoms with van der Waals surface area (Å²) in [5.41, 5.74) is 6.54. The van der Waals surface area contributed by atoms with Crippen LogP contribution < -0.4 is 5.32 Å². The lowest BCUT2D eigenvalue weighted by molar-refractivity contribution is -0.0294. The number of nitrogens with one attached hydrogen (secondary N) is 3. The van der Waals surface area contributed by atoms with Gasteiger partial charge in [0.1, 0.15) is 5.65 Å². The number of ether oxygens (including phenoxy) is 1. The van der Waals surface area contributed by atoms with Crippen LogP contribution in [0.1, 0.15) is 33.5 Å². The summed E-state index contributed by atoms with van der Waals surface area (Å²) >= 11 is 0. The number of rotatable bonds is 4. The molecule has 5 heterocycles. The molecular weight excluding hydrogens is 370 g/mol. The Labute approximate surface area is 166 Å². The molecule has 0 unspecified atom stereocenters. The second-order valence-electron chi connectivity index (χ2n) is 7.40. The molecule has 148 valence electrons. The highest BCUT2D eigenvalue weighted by atomic mass is 16.5. The molecule has 9 nitrogen and oxygen atoms in total. The third-order valence-corrected chi connectivity index (χ3v) is 5.50. The minimum absolute atomic E-state index is 0.261. The number of hydrogen-bond acceptors (Lipinski definition) is 5. The zero-order valence-electron chi connectivity index (χ0n) is 16.4. The number of fused-ring (bicyclic) bond motifs is 1. The van der Waals surface area contributed by atoms with Gasteiger partial charge in [-0.05, 0) is 32.9 Å². The van der Waals surface area contributed by atoms with Crippen LogP contribution in [-0.4, -0.2) is 49.1 Å². The first-order chi connectivity index (χ1) is 14.0. The largest absolute Gasteiger partial charge is 0.377 e. The number of aromatic amines is 2. The van der Waals surface area contributed by atoms with Gasteiger partial charge in [-0.15, -0.1) is 0 Å². The number of anilines is 1. The van der Waals surface area contributed by atoms with Crippen molar-refractivity contribution in [3.8, 4) is 11.3 Å². The van der Waals surface area contributed by atoms with Gasteiger partial charge in [0.05, 0.1) is 43.0 Å². The van der Waals surface area contributed by atoms with Gasteiger partial charge in [0.15, 0.2) is 5.69 Å². The van der Waals surface area contributed by atoms with E-state index in [1.807, 2.05) is 36.9 Å². The number of nitrogens with zero attached hydrogens (tertiary/aromatic N) is 4. The second-order valence-corrected chi connectivity index (χ2v) is 7.40. The quantitative estimate of drug-likeness (QED) is 0.495. The van der Waals surface area contributed by atoms with Gasteiger partial charge in [0, 0.05) is 27.9 Å². The van der Waals surface area contributed by atoms with E-state index in [4.69, 9.17) is 4.74 Å². The monoisotopic (exact) mass is 391 g/mol. The molecule has 29 heavy (non-hydrogen) atoms. The van der Waals surface area contributed by atoms with Gasteiger partial charge in [-0.3, -0.25) is 14.6 Å². The number of carbonyl (C=O) groups is 1. The summed E-state index contributed by atoms with van der Waals surface area (Å²) in [5.74, 6) is -0.261. The molecule has 0 bridgehead atoms. The highest BCUT2D eigenvalue weighted by Gasteiger charge is 2.24. The fourth-order valence-corrected chi connectivity index (χ4v) is 3.55. The summed E-state index contributed by atoms with van der Waals surface area (Å²) < 4.78 is 7.28. The highest BCUT2D eigenvalue weighted by molar-refractivity contribution is 6.04. The predicted octanol–water partition coefficient (Wildman–Crippen LogP) is 2.90. The SMILES string of the molecule is Cc1[nH]nc(C(=O)Nc2cnc3[nH]c(-c4cnn(C5COC5)c4C)cc3c2)c1C. The first-order valence-electron chi connectivity index (χ1n) is 9.45. The molecule has 1 fully saturated rings. The van der Waals surface area contributed by atoms with E-state index in [1.165, 1.54) is 0 Å². The van der Waals surface area contributed by atoms with Gasteiger partial charge in [-0.1, -0.05) is 0 Å². The average Bonchev–Trinajstić information content (AvgIpc) is 3.32. The molecule has 0 atom stereocenters. The Morgan fingerprint density at radius 2 is 2.07 bits per heavy atom. The summed E-state index contributed by atoms with van der Waals surface area (Å²) in [7, 11) is 0. The fraction of sp³-hybridized carbons (Fsp3) is 0.300. The Morgan fingerprint density at radius 1 is 1.24 bits per heavy atom. The molecule has 1 aliphatic heterocycles. The zero-order chi connectivity index (χ0) is 20.1. The minimum atomic E-state index is -0.261. The molecule has 0 spiro atoms. The first kappa shape index (κ1) is 17.6. The van der Waals surface area contributed by atoms with Crippen molar-refractivity contribution in [3.63, 3.8) is 0 Å². The van der Waals surface area contributed by atoms with Gasteiger partial charge < -0.3 is 15.0 Å². The Balaban J connectivity index is 1.42. The summed E-state index contributed by atoms with van der Waals surface area (Å²) in [5, 5.41) is 15.2. The number of amides is 1. The molecule has 0 radical (unpaired) electrons. The molecule has 1 aliphatic rings. The van der Waals surface area contributed by atoms with Crippen LogP contribution in [0, 0.1) is 20.8 Å². The first-order valence-corrected chi connectivity index (χ1v) is 9.45. The summed E-state index contributed by atoms with van der Waals surface area (Å²) in [4.78, 5) is 20.3. The second kappa shape index (κ2) is 6.56. The molecular formula is C20H21N7O2. The van der Waals surface area contributed by atoms with Crippen molar-refractivity contribution in [2.24, 2.45) is 0 Å². The Morgan fingerprint density at radius 3 is 2.76 bits per heavy atom. The lowest BCUT2D eigenvalue weighted by Crippen LogP contribution is -2.31. The third kappa shape index (κ3) is 2.90. The maximum absolute atomic E-state index is 12.5. The van der Waals surface area contributed by atoms with Crippen LogP contribution in [0.15, 0.2) is 24.5 Å². The Kier molecular flexibility index (Phi) is 3.99.